The van der Waals surface area contributed by atoms with Gasteiger partial charge in [-0.2, -0.15) is 0 Å². The van der Waals surface area contributed by atoms with Gasteiger partial charge in [-0.3, -0.25) is 14.6 Å². The molecule has 1 amide bonds. The van der Waals surface area contributed by atoms with E-state index >= 15 is 0 Å². The van der Waals surface area contributed by atoms with E-state index in [1.54, 1.807) is 32.3 Å². The fourth-order valence-corrected chi connectivity index (χ4v) is 4.69. The highest BCUT2D eigenvalue weighted by Gasteiger charge is 2.46. The average molecular weight is 488 g/mol. The number of aromatic nitrogens is 2. The summed E-state index contributed by atoms with van der Waals surface area (Å²) in [5, 5.41) is 11.5. The van der Waals surface area contributed by atoms with Crippen LogP contribution >= 0.6 is 0 Å². The Kier molecular flexibility index (Phi) is 6.79. The highest BCUT2D eigenvalue weighted by Crippen LogP contribution is 2.41. The minimum absolute atomic E-state index is 0.0252. The average Bonchev–Trinajstić information content (AvgIpc) is 3.31. The predicted octanol–water partition coefficient (Wildman–Crippen LogP) is 4.56. The molecule has 36 heavy (non-hydrogen) atoms. The fourth-order valence-electron chi connectivity index (χ4n) is 4.69. The third-order valence-corrected chi connectivity index (χ3v) is 6.60. The molecule has 2 N–H and O–H groups in total. The first-order chi connectivity index (χ1) is 17.1. The van der Waals surface area contributed by atoms with Crippen LogP contribution < -0.4 is 0 Å². The summed E-state index contributed by atoms with van der Waals surface area (Å²) in [7, 11) is 1.27. The van der Waals surface area contributed by atoms with Crippen LogP contribution in [-0.4, -0.2) is 44.7 Å². The number of aromatic amines is 1. The molecule has 3 heterocycles. The number of aliphatic hydroxyl groups excluding tert-OH is 1. The number of hydrogen-bond donors (Lipinski definition) is 2. The third-order valence-electron chi connectivity index (χ3n) is 6.60. The van der Waals surface area contributed by atoms with E-state index in [-0.39, 0.29) is 23.6 Å². The normalized spacial score (nSPS) is 17.2. The smallest absolute Gasteiger partial charge is 0.354 e. The van der Waals surface area contributed by atoms with Crippen LogP contribution in [0.15, 0.2) is 54.4 Å². The Morgan fingerprint density at radius 3 is 2.44 bits per heavy atom. The molecule has 1 aromatic carbocycles. The topological polar surface area (TPSA) is 113 Å². The van der Waals surface area contributed by atoms with Gasteiger partial charge in [-0.05, 0) is 48.1 Å². The van der Waals surface area contributed by atoms with Gasteiger partial charge in [0, 0.05) is 30.2 Å². The summed E-state index contributed by atoms with van der Waals surface area (Å²) in [6.07, 6.45) is 3.28. The number of hydrogen-bond acceptors (Lipinski definition) is 6. The molecule has 8 heteroatoms. The number of likely N-dealkylation sites (tertiary alicyclic amines) is 1. The number of ether oxygens (including phenoxy) is 1. The molecule has 186 valence electrons. The minimum atomic E-state index is -0.818. The van der Waals surface area contributed by atoms with Gasteiger partial charge in [-0.1, -0.05) is 44.2 Å². The number of carbonyl (C=O) groups excluding carboxylic acids is 3. The zero-order valence-corrected chi connectivity index (χ0v) is 21.0. The van der Waals surface area contributed by atoms with Crippen LogP contribution in [0.25, 0.3) is 5.76 Å². The standard InChI is InChI=1S/C28H29N3O5/c1-15(2)19-8-10-20(11-9-19)24-22(25(32)21-16(3)23(28(35)36-5)30-17(21)4)26(33)27(34)31(24)14-18-7-6-12-29-13-18/h6-13,15,24,30,32H,14H2,1-5H3/b25-22+/t24-/m0/s1. The monoisotopic (exact) mass is 487 g/mol. The van der Waals surface area contributed by atoms with Crippen molar-refractivity contribution in [1.82, 2.24) is 14.9 Å². The molecule has 0 unspecified atom stereocenters. The van der Waals surface area contributed by atoms with Crippen molar-refractivity contribution in [2.45, 2.75) is 46.2 Å². The van der Waals surface area contributed by atoms with Crippen molar-refractivity contribution in [2.24, 2.45) is 0 Å². The molecule has 1 atom stereocenters. The largest absolute Gasteiger partial charge is 0.507 e. The predicted molar refractivity (Wildman–Crippen MR) is 134 cm³/mol. The summed E-state index contributed by atoms with van der Waals surface area (Å²) in [6, 6.07) is 10.5. The lowest BCUT2D eigenvalue weighted by molar-refractivity contribution is -0.140. The number of benzene rings is 1. The molecular weight excluding hydrogens is 458 g/mol. The Labute approximate surface area is 209 Å². The summed E-state index contributed by atoms with van der Waals surface area (Å²) in [5.74, 6) is -2.11. The van der Waals surface area contributed by atoms with Gasteiger partial charge >= 0.3 is 5.97 Å². The van der Waals surface area contributed by atoms with Crippen molar-refractivity contribution >= 4 is 23.4 Å². The summed E-state index contributed by atoms with van der Waals surface area (Å²) in [5.41, 5.74) is 3.94. The summed E-state index contributed by atoms with van der Waals surface area (Å²) < 4.78 is 4.83. The fraction of sp³-hybridized carbons (Fsp3) is 0.286. The van der Waals surface area contributed by atoms with Gasteiger partial charge in [0.05, 0.1) is 18.7 Å². The molecule has 0 bridgehead atoms. The summed E-state index contributed by atoms with van der Waals surface area (Å²) >= 11 is 0. The zero-order valence-electron chi connectivity index (χ0n) is 21.0. The molecule has 1 fully saturated rings. The van der Waals surface area contributed by atoms with Crippen LogP contribution in [-0.2, 0) is 20.9 Å². The van der Waals surface area contributed by atoms with E-state index < -0.39 is 23.7 Å². The van der Waals surface area contributed by atoms with Gasteiger partial charge in [0.25, 0.3) is 11.7 Å². The molecule has 0 spiro atoms. The van der Waals surface area contributed by atoms with Crippen LogP contribution in [0.2, 0.25) is 0 Å². The molecule has 3 aromatic rings. The number of H-pyrrole nitrogens is 1. The SMILES string of the molecule is COC(=O)c1[nH]c(C)c(/C(O)=C2\C(=O)C(=O)N(Cc3cccnc3)[C@H]2c2ccc(C(C)C)cc2)c1C. The summed E-state index contributed by atoms with van der Waals surface area (Å²) in [4.78, 5) is 47.4. The minimum Gasteiger partial charge on any atom is -0.507 e. The maximum atomic E-state index is 13.4. The van der Waals surface area contributed by atoms with Gasteiger partial charge in [0.1, 0.15) is 11.5 Å². The Balaban J connectivity index is 1.90. The van der Waals surface area contributed by atoms with Gasteiger partial charge < -0.3 is 19.7 Å². The van der Waals surface area contributed by atoms with E-state index in [2.05, 4.69) is 23.8 Å². The van der Waals surface area contributed by atoms with Crippen molar-refractivity contribution in [2.75, 3.05) is 7.11 Å². The Morgan fingerprint density at radius 1 is 1.17 bits per heavy atom. The second-order valence-corrected chi connectivity index (χ2v) is 9.23. The summed E-state index contributed by atoms with van der Waals surface area (Å²) in [6.45, 7) is 7.65. The van der Waals surface area contributed by atoms with Crippen LogP contribution in [0, 0.1) is 13.8 Å². The van der Waals surface area contributed by atoms with E-state index in [1.165, 1.54) is 12.0 Å². The number of aryl methyl sites for hydroxylation is 1. The number of nitrogens with zero attached hydrogens (tertiary/aromatic N) is 2. The van der Waals surface area contributed by atoms with Crippen LogP contribution in [0.5, 0.6) is 0 Å². The maximum absolute atomic E-state index is 13.4. The Bertz CT molecular complexity index is 1350. The quantitative estimate of drug-likeness (QED) is 0.228. The van der Waals surface area contributed by atoms with Crippen molar-refractivity contribution in [3.63, 3.8) is 0 Å². The molecule has 1 saturated heterocycles. The molecular formula is C28H29N3O5. The van der Waals surface area contributed by atoms with Gasteiger partial charge in [0.2, 0.25) is 0 Å². The third kappa shape index (κ3) is 4.30. The number of pyridine rings is 1. The molecule has 0 aliphatic carbocycles. The molecule has 8 nitrogen and oxygen atoms in total. The first kappa shape index (κ1) is 24.9. The van der Waals surface area contributed by atoms with Crippen molar-refractivity contribution in [3.8, 4) is 0 Å². The van der Waals surface area contributed by atoms with Crippen LogP contribution in [0.1, 0.15) is 69.8 Å². The van der Waals surface area contributed by atoms with E-state index in [9.17, 15) is 19.5 Å². The lowest BCUT2D eigenvalue weighted by Crippen LogP contribution is -2.29. The molecule has 0 saturated carbocycles. The second kappa shape index (κ2) is 9.81. The Morgan fingerprint density at radius 2 is 1.86 bits per heavy atom. The van der Waals surface area contributed by atoms with Gasteiger partial charge in [-0.25, -0.2) is 4.79 Å². The lowest BCUT2D eigenvalue weighted by Gasteiger charge is -2.25. The highest BCUT2D eigenvalue weighted by atomic mass is 16.5. The van der Waals surface area contributed by atoms with E-state index in [0.717, 1.165) is 11.1 Å². The van der Waals surface area contributed by atoms with E-state index in [1.807, 2.05) is 30.3 Å². The number of aliphatic hydroxyl groups is 1. The molecule has 1 aliphatic rings. The number of methoxy groups -OCH3 is 1. The second-order valence-electron chi connectivity index (χ2n) is 9.23. The van der Waals surface area contributed by atoms with Crippen molar-refractivity contribution in [3.05, 3.63) is 93.6 Å². The zero-order chi connectivity index (χ0) is 26.1. The number of ketones is 1. The maximum Gasteiger partial charge on any atom is 0.354 e. The number of esters is 1. The van der Waals surface area contributed by atoms with Gasteiger partial charge in [0.15, 0.2) is 0 Å². The van der Waals surface area contributed by atoms with E-state index in [4.69, 9.17) is 4.74 Å². The number of Topliss-reactive ketones (excluding diaryl/α,β-unsaturated/α-hetero) is 1. The van der Waals surface area contributed by atoms with Crippen LogP contribution in [0.3, 0.4) is 0 Å². The molecule has 1 aliphatic heterocycles. The lowest BCUT2D eigenvalue weighted by atomic mass is 9.92. The number of amides is 1. The number of rotatable bonds is 6. The van der Waals surface area contributed by atoms with Crippen molar-refractivity contribution in [1.29, 1.82) is 0 Å². The molecule has 4 rings (SSSR count). The van der Waals surface area contributed by atoms with Crippen molar-refractivity contribution < 1.29 is 24.2 Å². The van der Waals surface area contributed by atoms with Crippen LogP contribution in [0.4, 0.5) is 0 Å². The highest BCUT2D eigenvalue weighted by molar-refractivity contribution is 6.46. The number of nitrogens with one attached hydrogen (secondary N) is 1. The first-order valence-electron chi connectivity index (χ1n) is 11.7. The first-order valence-corrected chi connectivity index (χ1v) is 11.7. The van der Waals surface area contributed by atoms with E-state index in [0.29, 0.717) is 28.3 Å². The van der Waals surface area contributed by atoms with Gasteiger partial charge in [-0.15, -0.1) is 0 Å². The Hall–Kier alpha value is -4.20. The molecule has 0 radical (unpaired) electrons. The molecule has 2 aromatic heterocycles. The number of carbonyl (C=O) groups is 3.